The van der Waals surface area contributed by atoms with Gasteiger partial charge in [0.2, 0.25) is 0 Å². The molecule has 1 aromatic rings. The van der Waals surface area contributed by atoms with Gasteiger partial charge < -0.3 is 9.47 Å². The maximum atomic E-state index is 11.6. The first-order valence-corrected chi connectivity index (χ1v) is 8.11. The van der Waals surface area contributed by atoms with Crippen LogP contribution in [0.4, 0.5) is 4.79 Å². The zero-order valence-electron chi connectivity index (χ0n) is 11.8. The third-order valence-electron chi connectivity index (χ3n) is 2.65. The van der Waals surface area contributed by atoms with Crippen LogP contribution in [0.25, 0.3) is 6.08 Å². The van der Waals surface area contributed by atoms with E-state index in [1.165, 1.54) is 0 Å². The average molecular weight is 384 g/mol. The number of hydrogen-bond donors (Lipinski definition) is 1. The van der Waals surface area contributed by atoms with Crippen molar-refractivity contribution in [3.8, 4) is 11.5 Å². The molecule has 1 fully saturated rings. The van der Waals surface area contributed by atoms with Crippen LogP contribution in [0.3, 0.4) is 0 Å². The fourth-order valence-corrected chi connectivity index (χ4v) is 2.86. The Labute approximate surface area is 140 Å². The van der Waals surface area contributed by atoms with Gasteiger partial charge in [0.05, 0.1) is 11.5 Å². The second-order valence-electron chi connectivity index (χ2n) is 4.21. The topological polar surface area (TPSA) is 64.6 Å². The molecule has 0 spiro atoms. The van der Waals surface area contributed by atoms with E-state index in [0.717, 1.165) is 21.8 Å². The zero-order valence-corrected chi connectivity index (χ0v) is 14.3. The molecule has 1 aromatic carbocycles. The Balaban J connectivity index is 2.37. The third-order valence-corrected chi connectivity index (χ3v) is 4.15. The lowest BCUT2D eigenvalue weighted by atomic mass is 10.2. The molecule has 1 heterocycles. The maximum absolute atomic E-state index is 11.6. The van der Waals surface area contributed by atoms with Gasteiger partial charge in [-0.05, 0) is 42.5 Å². The summed E-state index contributed by atoms with van der Waals surface area (Å²) in [5.74, 6) is 0.747. The first kappa shape index (κ1) is 16.6. The summed E-state index contributed by atoms with van der Waals surface area (Å²) in [7, 11) is 0. The minimum Gasteiger partial charge on any atom is -0.490 e. The van der Waals surface area contributed by atoms with Crippen molar-refractivity contribution in [3.05, 3.63) is 39.7 Å². The van der Waals surface area contributed by atoms with Crippen molar-refractivity contribution in [1.82, 2.24) is 5.32 Å². The lowest BCUT2D eigenvalue weighted by Crippen LogP contribution is -2.17. The summed E-state index contributed by atoms with van der Waals surface area (Å²) >= 11 is 4.30. The molecular weight excluding hydrogens is 370 g/mol. The molecule has 0 radical (unpaired) electrons. The van der Waals surface area contributed by atoms with Gasteiger partial charge in [-0.2, -0.15) is 0 Å². The van der Waals surface area contributed by atoms with Crippen LogP contribution in [0.5, 0.6) is 11.5 Å². The molecule has 1 aliphatic rings. The van der Waals surface area contributed by atoms with Gasteiger partial charge >= 0.3 is 0 Å². The molecule has 2 amide bonds. The molecule has 2 rings (SSSR count). The van der Waals surface area contributed by atoms with Gasteiger partial charge in [0, 0.05) is 4.47 Å². The van der Waals surface area contributed by atoms with Crippen LogP contribution in [0.1, 0.15) is 12.5 Å². The monoisotopic (exact) mass is 383 g/mol. The van der Waals surface area contributed by atoms with Gasteiger partial charge in [0.25, 0.3) is 11.1 Å². The van der Waals surface area contributed by atoms with E-state index in [0.29, 0.717) is 29.6 Å². The van der Waals surface area contributed by atoms with E-state index < -0.39 is 5.91 Å². The van der Waals surface area contributed by atoms with Gasteiger partial charge in [0.15, 0.2) is 11.5 Å². The van der Waals surface area contributed by atoms with Crippen molar-refractivity contribution >= 4 is 44.9 Å². The van der Waals surface area contributed by atoms with E-state index in [-0.39, 0.29) is 5.24 Å². The fraction of sp³-hybridized carbons (Fsp3) is 0.200. The van der Waals surface area contributed by atoms with E-state index in [4.69, 9.17) is 9.47 Å². The highest BCUT2D eigenvalue weighted by atomic mass is 79.9. The van der Waals surface area contributed by atoms with E-state index in [1.807, 2.05) is 6.92 Å². The molecule has 0 bridgehead atoms. The second-order valence-corrected chi connectivity index (χ2v) is 6.07. The summed E-state index contributed by atoms with van der Waals surface area (Å²) in [6.07, 6.45) is 3.28. The summed E-state index contributed by atoms with van der Waals surface area (Å²) < 4.78 is 11.8. The molecule has 7 heteroatoms. The van der Waals surface area contributed by atoms with Crippen LogP contribution in [0.2, 0.25) is 0 Å². The molecule has 5 nitrogen and oxygen atoms in total. The lowest BCUT2D eigenvalue weighted by molar-refractivity contribution is -0.115. The number of benzene rings is 1. The molecular formula is C15H14BrNO4S. The summed E-state index contributed by atoms with van der Waals surface area (Å²) in [6.45, 7) is 6.32. The molecule has 0 aromatic heterocycles. The van der Waals surface area contributed by atoms with Gasteiger partial charge in [-0.15, -0.1) is 0 Å². The van der Waals surface area contributed by atoms with E-state index in [9.17, 15) is 9.59 Å². The molecule has 116 valence electrons. The van der Waals surface area contributed by atoms with Crippen LogP contribution >= 0.6 is 27.7 Å². The second kappa shape index (κ2) is 7.51. The Morgan fingerprint density at radius 3 is 2.64 bits per heavy atom. The molecule has 0 unspecified atom stereocenters. The highest BCUT2D eigenvalue weighted by molar-refractivity contribution is 9.10. The van der Waals surface area contributed by atoms with E-state index >= 15 is 0 Å². The van der Waals surface area contributed by atoms with Crippen LogP contribution in [-0.2, 0) is 4.79 Å². The largest absolute Gasteiger partial charge is 0.490 e. The lowest BCUT2D eigenvalue weighted by Gasteiger charge is -2.13. The number of imide groups is 1. The predicted molar refractivity (Wildman–Crippen MR) is 90.1 cm³/mol. The first-order valence-electron chi connectivity index (χ1n) is 6.50. The van der Waals surface area contributed by atoms with Gasteiger partial charge in [-0.1, -0.05) is 28.6 Å². The number of hydrogen-bond acceptors (Lipinski definition) is 5. The van der Waals surface area contributed by atoms with Crippen LogP contribution in [0.15, 0.2) is 34.2 Å². The van der Waals surface area contributed by atoms with Crippen molar-refractivity contribution in [2.75, 3.05) is 13.2 Å². The smallest absolute Gasteiger partial charge is 0.290 e. The average Bonchev–Trinajstić information content (AvgIpc) is 2.79. The zero-order chi connectivity index (χ0) is 16.1. The van der Waals surface area contributed by atoms with Crippen LogP contribution in [-0.4, -0.2) is 24.4 Å². The molecule has 1 aliphatic heterocycles. The van der Waals surface area contributed by atoms with E-state index in [2.05, 4.69) is 27.8 Å². The standard InChI is InChI=1S/C15H14BrNO4S/c1-3-5-21-12-8-10(16)9(6-11(12)20-4-2)7-13-14(18)17-15(19)22-13/h3,6-8H,1,4-5H2,2H3,(H,17,18,19)/b13-7+. The summed E-state index contributed by atoms with van der Waals surface area (Å²) in [6, 6.07) is 3.52. The Bertz CT molecular complexity index is 657. The molecule has 22 heavy (non-hydrogen) atoms. The number of ether oxygens (including phenoxy) is 2. The summed E-state index contributed by atoms with van der Waals surface area (Å²) in [5.41, 5.74) is 0.724. The number of thioether (sulfide) groups is 1. The first-order chi connectivity index (χ1) is 10.5. The number of carbonyl (C=O) groups excluding carboxylic acids is 2. The summed E-state index contributed by atoms with van der Waals surface area (Å²) in [4.78, 5) is 23.2. The maximum Gasteiger partial charge on any atom is 0.290 e. The highest BCUT2D eigenvalue weighted by Crippen LogP contribution is 2.36. The summed E-state index contributed by atoms with van der Waals surface area (Å²) in [5, 5.41) is 1.85. The van der Waals surface area contributed by atoms with Gasteiger partial charge in [-0.25, -0.2) is 0 Å². The SMILES string of the molecule is C=CCOc1cc(Br)c(/C=C2/SC(=O)NC2=O)cc1OCC. The number of halogens is 1. The molecule has 1 saturated heterocycles. The molecule has 0 saturated carbocycles. The number of carbonyl (C=O) groups is 2. The molecule has 1 N–H and O–H groups in total. The van der Waals surface area contributed by atoms with Crippen molar-refractivity contribution in [2.24, 2.45) is 0 Å². The Hall–Kier alpha value is -1.73. The minimum absolute atomic E-state index is 0.341. The Morgan fingerprint density at radius 1 is 1.32 bits per heavy atom. The molecule has 0 atom stereocenters. The van der Waals surface area contributed by atoms with Crippen molar-refractivity contribution in [3.63, 3.8) is 0 Å². The number of rotatable bonds is 6. The Morgan fingerprint density at radius 2 is 2.05 bits per heavy atom. The number of amides is 2. The van der Waals surface area contributed by atoms with Gasteiger partial charge in [0.1, 0.15) is 6.61 Å². The van der Waals surface area contributed by atoms with E-state index in [1.54, 1.807) is 24.3 Å². The minimum atomic E-state index is -0.396. The normalized spacial score (nSPS) is 15.8. The van der Waals surface area contributed by atoms with Crippen LogP contribution in [0, 0.1) is 0 Å². The molecule has 0 aliphatic carbocycles. The Kier molecular flexibility index (Phi) is 5.68. The van der Waals surface area contributed by atoms with Crippen molar-refractivity contribution in [2.45, 2.75) is 6.92 Å². The van der Waals surface area contributed by atoms with Crippen LogP contribution < -0.4 is 14.8 Å². The number of nitrogens with one attached hydrogen (secondary N) is 1. The fourth-order valence-electron chi connectivity index (χ4n) is 1.75. The quantitative estimate of drug-likeness (QED) is 0.598. The van der Waals surface area contributed by atoms with Gasteiger partial charge in [-0.3, -0.25) is 14.9 Å². The third kappa shape index (κ3) is 3.92. The van der Waals surface area contributed by atoms with Crippen molar-refractivity contribution in [1.29, 1.82) is 0 Å². The highest BCUT2D eigenvalue weighted by Gasteiger charge is 2.25. The predicted octanol–water partition coefficient (Wildman–Crippen LogP) is 3.74. The van der Waals surface area contributed by atoms with Crippen molar-refractivity contribution < 1.29 is 19.1 Å².